The summed E-state index contributed by atoms with van der Waals surface area (Å²) in [6.45, 7) is 6.63. The highest BCUT2D eigenvalue weighted by molar-refractivity contribution is 8.00. The predicted octanol–water partition coefficient (Wildman–Crippen LogP) is 1.57. The molecule has 0 spiro atoms. The van der Waals surface area contributed by atoms with Crippen molar-refractivity contribution >= 4 is 64.2 Å². The molecule has 274 valence electrons. The number of carboxylic acids is 1. The Morgan fingerprint density at radius 2 is 1.96 bits per heavy atom. The van der Waals surface area contributed by atoms with Crippen molar-refractivity contribution in [3.05, 3.63) is 45.3 Å². The van der Waals surface area contributed by atoms with Gasteiger partial charge in [0.2, 0.25) is 11.9 Å². The lowest BCUT2D eigenvalue weighted by atomic mass is 10.0. The Morgan fingerprint density at radius 3 is 2.61 bits per heavy atom. The van der Waals surface area contributed by atoms with E-state index in [9.17, 15) is 38.8 Å². The summed E-state index contributed by atoms with van der Waals surface area (Å²) in [5, 5.41) is 14.6. The highest BCUT2D eigenvalue weighted by Crippen LogP contribution is 2.41. The summed E-state index contributed by atoms with van der Waals surface area (Å²) in [5.41, 5.74) is 6.12. The molecule has 4 aliphatic rings. The molecule has 4 aliphatic heterocycles. The van der Waals surface area contributed by atoms with Crippen LogP contribution < -0.4 is 11.1 Å². The standard InChI is InChI=1S/C31H38N8O10S2/c1-4-5-17(29(45)48-12-15(2)3)13-49-31(46)37-8-7-19(11-37)38-9-6-16(25(38)41)10-18-14-50-27-21(26(42)39(27)22(18)28(43)44)33-24(40)20(35-47)23-34-30(32)51-36-23/h5,10,15,19-21,27H,4,6-9,11-14H2,1-3H3,(H,33,40)(H,43,44)(H2,32,34,36)/t19-,20?,21-,27-/m1/s1. The van der Waals surface area contributed by atoms with Crippen LogP contribution in [-0.2, 0) is 33.4 Å². The number of fused-ring (bicyclic) bond motifs is 1. The molecule has 18 nitrogen and oxygen atoms in total. The minimum Gasteiger partial charge on any atom is -0.477 e. The third-order valence-electron chi connectivity index (χ3n) is 8.53. The number of allylic oxidation sites excluding steroid dienone is 2. The van der Waals surface area contributed by atoms with Gasteiger partial charge in [-0.3, -0.25) is 19.3 Å². The highest BCUT2D eigenvalue weighted by atomic mass is 32.2. The van der Waals surface area contributed by atoms with E-state index in [1.807, 2.05) is 20.8 Å². The highest BCUT2D eigenvalue weighted by Gasteiger charge is 2.54. The van der Waals surface area contributed by atoms with Crippen molar-refractivity contribution < 1.29 is 43.3 Å². The monoisotopic (exact) mass is 746 g/mol. The number of carbonyl (C=O) groups excluding carboxylic acids is 5. The van der Waals surface area contributed by atoms with Crippen LogP contribution in [0.1, 0.15) is 51.9 Å². The quantitative estimate of drug-likeness (QED) is 0.112. The van der Waals surface area contributed by atoms with E-state index in [2.05, 4.69) is 19.9 Å². The molecule has 1 aromatic rings. The summed E-state index contributed by atoms with van der Waals surface area (Å²) < 4.78 is 14.5. The van der Waals surface area contributed by atoms with Gasteiger partial charge in [0, 0.05) is 42.5 Å². The summed E-state index contributed by atoms with van der Waals surface area (Å²) in [6.07, 6.45) is 3.94. The largest absolute Gasteiger partial charge is 0.477 e. The third-order valence-corrected chi connectivity index (χ3v) is 10.4. The Labute approximate surface area is 300 Å². The number of rotatable bonds is 13. The van der Waals surface area contributed by atoms with Gasteiger partial charge in [-0.25, -0.2) is 19.4 Å². The Kier molecular flexibility index (Phi) is 11.7. The van der Waals surface area contributed by atoms with Crippen LogP contribution in [0.2, 0.25) is 0 Å². The molecule has 1 unspecified atom stereocenters. The first-order valence-corrected chi connectivity index (χ1v) is 18.1. The second-order valence-electron chi connectivity index (χ2n) is 12.6. The maximum Gasteiger partial charge on any atom is 0.410 e. The fraction of sp³-hybridized carbons (Fsp3) is 0.548. The van der Waals surface area contributed by atoms with Crippen molar-refractivity contribution in [1.82, 2.24) is 29.4 Å². The van der Waals surface area contributed by atoms with Crippen LogP contribution in [0.15, 0.2) is 39.7 Å². The zero-order chi connectivity index (χ0) is 37.0. The van der Waals surface area contributed by atoms with E-state index in [4.69, 9.17) is 15.2 Å². The number of nitrogens with two attached hydrogens (primary N) is 1. The van der Waals surface area contributed by atoms with Crippen molar-refractivity contribution in [3.8, 4) is 0 Å². The van der Waals surface area contributed by atoms with Gasteiger partial charge in [-0.2, -0.15) is 4.37 Å². The first-order chi connectivity index (χ1) is 24.3. The van der Waals surface area contributed by atoms with Crippen LogP contribution in [0, 0.1) is 10.8 Å². The zero-order valence-electron chi connectivity index (χ0n) is 28.1. The number of β-lactam (4-membered cyclic amide) rings is 1. The molecule has 4 atom stereocenters. The number of aliphatic carboxylic acids is 1. The van der Waals surface area contributed by atoms with Gasteiger partial charge >= 0.3 is 18.0 Å². The number of hydrogen-bond acceptors (Lipinski definition) is 15. The van der Waals surface area contributed by atoms with Gasteiger partial charge in [-0.15, -0.1) is 16.7 Å². The van der Waals surface area contributed by atoms with E-state index in [0.29, 0.717) is 37.9 Å². The molecule has 1 aromatic heterocycles. The number of nitrogens with zero attached hydrogens (tertiary/aromatic N) is 6. The van der Waals surface area contributed by atoms with Crippen LogP contribution in [0.25, 0.3) is 0 Å². The summed E-state index contributed by atoms with van der Waals surface area (Å²) in [6, 6.07) is -3.06. The Hall–Kier alpha value is -4.85. The first kappa shape index (κ1) is 37.4. The van der Waals surface area contributed by atoms with Crippen molar-refractivity contribution in [1.29, 1.82) is 0 Å². The molecular weight excluding hydrogens is 709 g/mol. The maximum atomic E-state index is 13.5. The summed E-state index contributed by atoms with van der Waals surface area (Å²) in [7, 11) is 0. The van der Waals surface area contributed by atoms with Crippen LogP contribution in [0.3, 0.4) is 0 Å². The number of carbonyl (C=O) groups is 6. The van der Waals surface area contributed by atoms with Crippen LogP contribution in [0.4, 0.5) is 9.93 Å². The number of esters is 1. The number of amides is 4. The number of likely N-dealkylation sites (tertiary alicyclic amines) is 2. The number of ether oxygens (including phenoxy) is 2. The van der Waals surface area contributed by atoms with Gasteiger partial charge in [-0.1, -0.05) is 26.8 Å². The lowest BCUT2D eigenvalue weighted by Gasteiger charge is -2.49. The topological polar surface area (TPSA) is 244 Å². The SMILES string of the molecule is CCC=C(COC(=O)N1CC[C@@H](N2CCC(=CC3=C(C(=O)O)N4C(=O)[C@@H](NC(=O)C(N=O)c5nsc(N)n5)[C@H]4SC3)C2=O)C1)C(=O)OCC(C)C. The molecule has 5 rings (SSSR count). The van der Waals surface area contributed by atoms with Gasteiger partial charge in [0.05, 0.1) is 18.2 Å². The number of aromatic nitrogens is 2. The second kappa shape index (κ2) is 16.0. The smallest absolute Gasteiger partial charge is 0.410 e. The number of anilines is 1. The number of carboxylic acid groups (broad SMARTS) is 1. The van der Waals surface area contributed by atoms with Crippen LogP contribution >= 0.6 is 23.3 Å². The molecule has 4 N–H and O–H groups in total. The number of nitrogen functional groups attached to an aromatic ring is 1. The molecule has 0 bridgehead atoms. The Morgan fingerprint density at radius 1 is 1.20 bits per heavy atom. The summed E-state index contributed by atoms with van der Waals surface area (Å²) >= 11 is 1.97. The fourth-order valence-corrected chi connectivity index (χ4v) is 7.83. The lowest BCUT2D eigenvalue weighted by molar-refractivity contribution is -0.150. The van der Waals surface area contributed by atoms with E-state index < -0.39 is 47.3 Å². The number of nitroso groups, excluding NO2 is 1. The molecule has 20 heteroatoms. The van der Waals surface area contributed by atoms with Crippen molar-refractivity contribution in [2.45, 2.75) is 63.5 Å². The molecule has 5 heterocycles. The zero-order valence-corrected chi connectivity index (χ0v) is 29.7. The van der Waals surface area contributed by atoms with E-state index in [1.54, 1.807) is 11.0 Å². The molecule has 0 aromatic carbocycles. The van der Waals surface area contributed by atoms with E-state index in [1.165, 1.54) is 22.7 Å². The van der Waals surface area contributed by atoms with Crippen molar-refractivity contribution in [3.63, 3.8) is 0 Å². The second-order valence-corrected chi connectivity index (χ2v) is 14.5. The van der Waals surface area contributed by atoms with Crippen molar-refractivity contribution in [2.75, 3.05) is 44.3 Å². The van der Waals surface area contributed by atoms with E-state index in [0.717, 1.165) is 16.4 Å². The normalized spacial score (nSPS) is 23.4. The first-order valence-electron chi connectivity index (χ1n) is 16.3. The minimum absolute atomic E-state index is 0.0278. The van der Waals surface area contributed by atoms with Gasteiger partial charge < -0.3 is 35.4 Å². The molecule has 4 amide bonds. The molecule has 51 heavy (non-hydrogen) atoms. The molecular formula is C31H38N8O10S2. The fourth-order valence-electron chi connectivity index (χ4n) is 6.06. The molecule has 3 saturated heterocycles. The Balaban J connectivity index is 1.19. The van der Waals surface area contributed by atoms with Gasteiger partial charge in [0.25, 0.3) is 11.8 Å². The average molecular weight is 747 g/mol. The number of thioether (sulfide) groups is 1. The average Bonchev–Trinajstić information content (AvgIpc) is 3.84. The van der Waals surface area contributed by atoms with Crippen LogP contribution in [0.5, 0.6) is 0 Å². The van der Waals surface area contributed by atoms with E-state index >= 15 is 0 Å². The third kappa shape index (κ3) is 8.06. The van der Waals surface area contributed by atoms with Gasteiger partial charge in [0.15, 0.2) is 11.0 Å². The maximum absolute atomic E-state index is 13.5. The predicted molar refractivity (Wildman–Crippen MR) is 182 cm³/mol. The molecule has 0 radical (unpaired) electrons. The summed E-state index contributed by atoms with van der Waals surface area (Å²) in [4.78, 5) is 96.4. The van der Waals surface area contributed by atoms with Gasteiger partial charge in [0.1, 0.15) is 23.7 Å². The number of hydrogen-bond donors (Lipinski definition) is 3. The molecule has 3 fully saturated rings. The number of nitrogens with one attached hydrogen (secondary N) is 1. The molecule has 0 saturated carbocycles. The van der Waals surface area contributed by atoms with E-state index in [-0.39, 0.29) is 71.2 Å². The van der Waals surface area contributed by atoms with Crippen molar-refractivity contribution in [2.24, 2.45) is 11.1 Å². The minimum atomic E-state index is -1.64. The Bertz CT molecular complexity index is 1710. The summed E-state index contributed by atoms with van der Waals surface area (Å²) in [5.74, 6) is -3.76. The lowest BCUT2D eigenvalue weighted by Crippen LogP contribution is -2.70. The van der Waals surface area contributed by atoms with Crippen LogP contribution in [-0.4, -0.2) is 121 Å². The molecule has 0 aliphatic carbocycles. The van der Waals surface area contributed by atoms with Gasteiger partial charge in [-0.05, 0) is 42.0 Å².